The molecule has 40 heavy (non-hydrogen) atoms. The van der Waals surface area contributed by atoms with Gasteiger partial charge in [0.1, 0.15) is 12.2 Å². The number of carbonyl (C=O) groups excluding carboxylic acids is 1. The summed E-state index contributed by atoms with van der Waals surface area (Å²) in [7, 11) is 0. The van der Waals surface area contributed by atoms with E-state index in [1.165, 1.54) is 11.9 Å². The minimum Gasteiger partial charge on any atom is -0.340 e. The Hall–Kier alpha value is -4.01. The topological polar surface area (TPSA) is 92.6 Å². The number of imidazole rings is 1. The average Bonchev–Trinajstić information content (AvgIpc) is 3.70. The van der Waals surface area contributed by atoms with Crippen molar-refractivity contribution >= 4 is 29.1 Å². The van der Waals surface area contributed by atoms with Gasteiger partial charge in [0.2, 0.25) is 5.91 Å². The van der Waals surface area contributed by atoms with Gasteiger partial charge in [0, 0.05) is 28.9 Å². The number of nitrogens with one attached hydrogen (secondary N) is 1. The Morgan fingerprint density at radius 3 is 2.58 bits per heavy atom. The largest absolute Gasteiger partial charge is 0.340 e. The van der Waals surface area contributed by atoms with Crippen LogP contribution in [0.3, 0.4) is 0 Å². The lowest BCUT2D eigenvalue weighted by Crippen LogP contribution is -2.42. The molecule has 3 heterocycles. The van der Waals surface area contributed by atoms with Crippen LogP contribution < -0.4 is 0 Å². The Morgan fingerprint density at radius 2 is 1.80 bits per heavy atom. The summed E-state index contributed by atoms with van der Waals surface area (Å²) < 4.78 is 1.59. The normalized spacial score (nSPS) is 17.2. The second kappa shape index (κ2) is 11.6. The molecule has 2 atom stereocenters. The molecule has 1 fully saturated rings. The number of carbonyl (C=O) groups is 1. The third-order valence-corrected chi connectivity index (χ3v) is 7.94. The highest BCUT2D eigenvalue weighted by Crippen LogP contribution is 2.42. The number of piperidine rings is 1. The maximum Gasteiger partial charge on any atom is 0.223 e. The van der Waals surface area contributed by atoms with Crippen LogP contribution in [0.4, 0.5) is 0 Å². The van der Waals surface area contributed by atoms with Crippen molar-refractivity contribution in [2.24, 2.45) is 0 Å². The Balaban J connectivity index is 1.30. The molecule has 202 valence electrons. The molecule has 10 heteroatoms. The Kier molecular flexibility index (Phi) is 7.62. The molecule has 1 amide bonds. The monoisotopic (exact) mass is 571 g/mol. The van der Waals surface area contributed by atoms with E-state index in [4.69, 9.17) is 28.2 Å². The van der Waals surface area contributed by atoms with Crippen molar-refractivity contribution in [2.45, 2.75) is 37.6 Å². The van der Waals surface area contributed by atoms with Crippen LogP contribution in [0.25, 0.3) is 16.9 Å². The molecular formula is C30H27Cl2N7O. The Labute approximate surface area is 242 Å². The lowest BCUT2D eigenvalue weighted by Gasteiger charge is -2.41. The quantitative estimate of drug-likeness (QED) is 0.242. The number of halogens is 2. The molecule has 2 unspecified atom stereocenters. The highest BCUT2D eigenvalue weighted by molar-refractivity contribution is 6.31. The van der Waals surface area contributed by atoms with E-state index in [9.17, 15) is 4.79 Å². The molecule has 1 saturated heterocycles. The van der Waals surface area contributed by atoms with Crippen LogP contribution in [-0.2, 0) is 11.2 Å². The first-order chi connectivity index (χ1) is 19.6. The zero-order valence-electron chi connectivity index (χ0n) is 21.6. The smallest absolute Gasteiger partial charge is 0.223 e. The van der Waals surface area contributed by atoms with E-state index in [2.05, 4.69) is 32.6 Å². The van der Waals surface area contributed by atoms with Gasteiger partial charge in [-0.15, -0.1) is 5.10 Å². The van der Waals surface area contributed by atoms with Gasteiger partial charge in [0.25, 0.3) is 0 Å². The number of amides is 1. The summed E-state index contributed by atoms with van der Waals surface area (Å²) in [6.45, 7) is 0.666. The van der Waals surface area contributed by atoms with E-state index in [1.54, 1.807) is 10.7 Å². The molecule has 2 aromatic heterocycles. The number of rotatable bonds is 7. The first-order valence-corrected chi connectivity index (χ1v) is 14.0. The van der Waals surface area contributed by atoms with Gasteiger partial charge in [-0.25, -0.2) is 9.67 Å². The van der Waals surface area contributed by atoms with Crippen molar-refractivity contribution in [3.8, 4) is 16.9 Å². The van der Waals surface area contributed by atoms with Crippen LogP contribution in [0.5, 0.6) is 0 Å². The number of likely N-dealkylation sites (tertiary alicyclic amines) is 1. The number of tetrazole rings is 1. The summed E-state index contributed by atoms with van der Waals surface area (Å²) in [6, 6.07) is 23.4. The number of hydrogen-bond acceptors (Lipinski definition) is 5. The number of aromatic nitrogens is 6. The third-order valence-electron chi connectivity index (χ3n) is 7.46. The van der Waals surface area contributed by atoms with Crippen LogP contribution in [-0.4, -0.2) is 47.5 Å². The highest BCUT2D eigenvalue weighted by Gasteiger charge is 2.38. The lowest BCUT2D eigenvalue weighted by molar-refractivity contribution is -0.135. The van der Waals surface area contributed by atoms with Gasteiger partial charge in [-0.1, -0.05) is 65.7 Å². The fraction of sp³-hybridized carbons (Fsp3) is 0.233. The highest BCUT2D eigenvalue weighted by atomic mass is 35.5. The predicted octanol–water partition coefficient (Wildman–Crippen LogP) is 6.44. The second-order valence-electron chi connectivity index (χ2n) is 9.91. The summed E-state index contributed by atoms with van der Waals surface area (Å²) in [5, 5.41) is 12.8. The molecule has 1 aliphatic heterocycles. The van der Waals surface area contributed by atoms with E-state index in [1.807, 2.05) is 65.7 Å². The zero-order valence-corrected chi connectivity index (χ0v) is 23.1. The molecule has 0 spiro atoms. The van der Waals surface area contributed by atoms with Gasteiger partial charge in [-0.05, 0) is 76.7 Å². The summed E-state index contributed by atoms with van der Waals surface area (Å²) >= 11 is 12.4. The van der Waals surface area contributed by atoms with Crippen LogP contribution in [0.15, 0.2) is 85.3 Å². The van der Waals surface area contributed by atoms with Gasteiger partial charge in [-0.3, -0.25) is 4.79 Å². The number of benzene rings is 3. The van der Waals surface area contributed by atoms with E-state index in [0.717, 1.165) is 41.2 Å². The third kappa shape index (κ3) is 5.50. The first kappa shape index (κ1) is 26.2. The molecule has 1 N–H and O–H groups in total. The summed E-state index contributed by atoms with van der Waals surface area (Å²) in [6.07, 6.45) is 6.07. The molecule has 0 aliphatic carbocycles. The van der Waals surface area contributed by atoms with Crippen LogP contribution in [0.2, 0.25) is 10.0 Å². The van der Waals surface area contributed by atoms with Crippen molar-refractivity contribution in [2.75, 3.05) is 6.54 Å². The SMILES string of the molecule is O=C(CCc1cc(Cl)ccc1-n1cnnn1)N1CCCC(c2ccccc2)C1c1ncc(-c2ccc(Cl)cc2)[nH]1. The molecular weight excluding hydrogens is 545 g/mol. The van der Waals surface area contributed by atoms with Gasteiger partial charge < -0.3 is 9.88 Å². The fourth-order valence-electron chi connectivity index (χ4n) is 5.56. The van der Waals surface area contributed by atoms with Crippen molar-refractivity contribution in [3.05, 3.63) is 112 Å². The summed E-state index contributed by atoms with van der Waals surface area (Å²) in [5.41, 5.74) is 4.79. The standard InChI is InChI=1S/C30H27Cl2N7O/c31-23-11-8-21(9-12-23)26-18-33-30(35-26)29-25(20-5-2-1-3-6-20)7-4-16-38(29)28(40)15-10-22-17-24(32)13-14-27(22)39-19-34-36-37-39/h1-3,5-6,8-9,11-14,17-19,25,29H,4,7,10,15-16H2,(H,33,35). The molecule has 3 aromatic carbocycles. The number of H-pyrrole nitrogens is 1. The molecule has 0 bridgehead atoms. The Morgan fingerprint density at radius 1 is 1.00 bits per heavy atom. The van der Waals surface area contributed by atoms with E-state index < -0.39 is 0 Å². The molecule has 1 aliphatic rings. The maximum atomic E-state index is 13.9. The average molecular weight is 573 g/mol. The molecule has 5 aromatic rings. The van der Waals surface area contributed by atoms with Gasteiger partial charge >= 0.3 is 0 Å². The van der Waals surface area contributed by atoms with Crippen molar-refractivity contribution < 1.29 is 4.79 Å². The van der Waals surface area contributed by atoms with E-state index in [0.29, 0.717) is 29.4 Å². The lowest BCUT2D eigenvalue weighted by atomic mass is 9.82. The van der Waals surface area contributed by atoms with Crippen LogP contribution in [0, 0.1) is 0 Å². The van der Waals surface area contributed by atoms with Gasteiger partial charge in [-0.2, -0.15) is 0 Å². The second-order valence-corrected chi connectivity index (χ2v) is 10.8. The van der Waals surface area contributed by atoms with E-state index in [-0.39, 0.29) is 17.9 Å². The fourth-order valence-corrected chi connectivity index (χ4v) is 5.88. The number of hydrogen-bond donors (Lipinski definition) is 1. The Bertz CT molecular complexity index is 1590. The number of aromatic amines is 1. The van der Waals surface area contributed by atoms with Gasteiger partial charge in [0.05, 0.1) is 23.6 Å². The molecule has 0 radical (unpaired) electrons. The first-order valence-electron chi connectivity index (χ1n) is 13.2. The van der Waals surface area contributed by atoms with Crippen molar-refractivity contribution in [1.29, 1.82) is 0 Å². The molecule has 0 saturated carbocycles. The predicted molar refractivity (Wildman–Crippen MR) is 154 cm³/mol. The van der Waals surface area contributed by atoms with Crippen molar-refractivity contribution in [1.82, 2.24) is 35.1 Å². The van der Waals surface area contributed by atoms with Gasteiger partial charge in [0.15, 0.2) is 0 Å². The maximum absolute atomic E-state index is 13.9. The molecule has 6 rings (SSSR count). The van der Waals surface area contributed by atoms with E-state index >= 15 is 0 Å². The number of aryl methyl sites for hydroxylation is 1. The number of nitrogens with zero attached hydrogens (tertiary/aromatic N) is 6. The minimum atomic E-state index is -0.219. The zero-order chi connectivity index (χ0) is 27.5. The minimum absolute atomic E-state index is 0.0673. The summed E-state index contributed by atoms with van der Waals surface area (Å²) in [4.78, 5) is 24.2. The van der Waals surface area contributed by atoms with Crippen LogP contribution in [0.1, 0.15) is 48.2 Å². The van der Waals surface area contributed by atoms with Crippen LogP contribution >= 0.6 is 23.2 Å². The molecule has 8 nitrogen and oxygen atoms in total. The van der Waals surface area contributed by atoms with Crippen molar-refractivity contribution in [3.63, 3.8) is 0 Å². The summed E-state index contributed by atoms with van der Waals surface area (Å²) in [5.74, 6) is 0.966.